The molecule has 0 aliphatic heterocycles. The minimum atomic E-state index is -0.618. The molecule has 0 N–H and O–H groups in total. The number of nitriles is 1. The second-order valence-corrected chi connectivity index (χ2v) is 4.04. The van der Waals surface area contributed by atoms with E-state index in [9.17, 15) is 10.1 Å². The van der Waals surface area contributed by atoms with Crippen LogP contribution in [-0.4, -0.2) is 4.92 Å². The van der Waals surface area contributed by atoms with E-state index in [0.717, 1.165) is 0 Å². The number of halogens is 1. The minimum absolute atomic E-state index is 0.00606. The van der Waals surface area contributed by atoms with Gasteiger partial charge >= 0.3 is 0 Å². The second kappa shape index (κ2) is 5.38. The maximum atomic E-state index is 10.8. The predicted molar refractivity (Wildman–Crippen MR) is 69.3 cm³/mol. The van der Waals surface area contributed by atoms with Gasteiger partial charge in [-0.2, -0.15) is 5.26 Å². The van der Waals surface area contributed by atoms with Gasteiger partial charge in [0.15, 0.2) is 0 Å². The summed E-state index contributed by atoms with van der Waals surface area (Å²) in [6.07, 6.45) is 0. The number of ether oxygens (including phenoxy) is 1. The predicted octanol–water partition coefficient (Wildman–Crippen LogP) is 3.91. The van der Waals surface area contributed by atoms with Crippen LogP contribution in [0.3, 0.4) is 0 Å². The zero-order chi connectivity index (χ0) is 13.8. The highest BCUT2D eigenvalue weighted by Crippen LogP contribution is 2.28. The first-order valence-corrected chi connectivity index (χ1v) is 5.60. The van der Waals surface area contributed by atoms with Crippen molar-refractivity contribution < 1.29 is 9.66 Å². The van der Waals surface area contributed by atoms with Gasteiger partial charge < -0.3 is 4.74 Å². The summed E-state index contributed by atoms with van der Waals surface area (Å²) in [6, 6.07) is 12.4. The first kappa shape index (κ1) is 12.9. The van der Waals surface area contributed by atoms with Crippen LogP contribution in [0.15, 0.2) is 42.5 Å². The van der Waals surface area contributed by atoms with Crippen LogP contribution in [-0.2, 0) is 0 Å². The standard InChI is InChI=1S/C13H7ClN2O3/c14-10-2-5-11(6-3-10)19-12-4-1-9(8-15)13(7-12)16(17)18/h1-7H. The Labute approximate surface area is 113 Å². The van der Waals surface area contributed by atoms with Crippen LogP contribution < -0.4 is 4.74 Å². The molecule has 0 aliphatic carbocycles. The molecule has 0 spiro atoms. The summed E-state index contributed by atoms with van der Waals surface area (Å²) in [7, 11) is 0. The van der Waals surface area contributed by atoms with Crippen molar-refractivity contribution in [2.45, 2.75) is 0 Å². The zero-order valence-electron chi connectivity index (χ0n) is 9.54. The molecule has 2 rings (SSSR count). The maximum Gasteiger partial charge on any atom is 0.290 e. The van der Waals surface area contributed by atoms with Gasteiger partial charge in [0.2, 0.25) is 0 Å². The molecule has 0 atom stereocenters. The van der Waals surface area contributed by atoms with E-state index in [-0.39, 0.29) is 17.0 Å². The lowest BCUT2D eigenvalue weighted by molar-refractivity contribution is -0.385. The van der Waals surface area contributed by atoms with E-state index < -0.39 is 4.92 Å². The van der Waals surface area contributed by atoms with Gasteiger partial charge in [-0.15, -0.1) is 0 Å². The quantitative estimate of drug-likeness (QED) is 0.628. The highest BCUT2D eigenvalue weighted by atomic mass is 35.5. The van der Waals surface area contributed by atoms with E-state index >= 15 is 0 Å². The largest absolute Gasteiger partial charge is 0.457 e. The highest BCUT2D eigenvalue weighted by molar-refractivity contribution is 6.30. The molecule has 0 radical (unpaired) electrons. The van der Waals surface area contributed by atoms with Crippen LogP contribution in [0.25, 0.3) is 0 Å². The molecule has 0 bridgehead atoms. The molecule has 2 aromatic rings. The van der Waals surface area contributed by atoms with Gasteiger partial charge in [0.05, 0.1) is 11.0 Å². The van der Waals surface area contributed by atoms with Crippen LogP contribution in [0.2, 0.25) is 5.02 Å². The van der Waals surface area contributed by atoms with Crippen molar-refractivity contribution in [2.75, 3.05) is 0 Å². The lowest BCUT2D eigenvalue weighted by Gasteiger charge is -2.05. The zero-order valence-corrected chi connectivity index (χ0v) is 10.3. The van der Waals surface area contributed by atoms with Gasteiger partial charge in [-0.25, -0.2) is 0 Å². The summed E-state index contributed by atoms with van der Waals surface area (Å²) in [5.74, 6) is 0.788. The molecule has 6 heteroatoms. The van der Waals surface area contributed by atoms with Gasteiger partial charge in [-0.05, 0) is 36.4 Å². The van der Waals surface area contributed by atoms with E-state index in [0.29, 0.717) is 10.8 Å². The Morgan fingerprint density at radius 3 is 2.37 bits per heavy atom. The average molecular weight is 275 g/mol. The lowest BCUT2D eigenvalue weighted by Crippen LogP contribution is -1.93. The Hall–Kier alpha value is -2.58. The Morgan fingerprint density at radius 2 is 1.79 bits per heavy atom. The molecular formula is C13H7ClN2O3. The molecule has 0 amide bonds. The summed E-state index contributed by atoms with van der Waals surface area (Å²) >= 11 is 5.74. The van der Waals surface area contributed by atoms with E-state index in [1.54, 1.807) is 30.3 Å². The normalized spacial score (nSPS) is 9.68. The van der Waals surface area contributed by atoms with Crippen molar-refractivity contribution >= 4 is 17.3 Å². The average Bonchev–Trinajstić information content (AvgIpc) is 2.41. The Balaban J connectivity index is 2.31. The number of benzene rings is 2. The molecule has 0 heterocycles. The van der Waals surface area contributed by atoms with E-state index in [1.165, 1.54) is 18.2 Å². The number of rotatable bonds is 3. The highest BCUT2D eigenvalue weighted by Gasteiger charge is 2.15. The third-order valence-corrected chi connectivity index (χ3v) is 2.59. The molecule has 0 fully saturated rings. The fourth-order valence-corrected chi connectivity index (χ4v) is 1.59. The molecule has 0 saturated heterocycles. The van der Waals surface area contributed by atoms with Crippen molar-refractivity contribution in [3.8, 4) is 17.6 Å². The first-order valence-electron chi connectivity index (χ1n) is 5.22. The summed E-state index contributed by atoms with van der Waals surface area (Å²) < 4.78 is 5.45. The SMILES string of the molecule is N#Cc1ccc(Oc2ccc(Cl)cc2)cc1[N+](=O)[O-]. The molecule has 19 heavy (non-hydrogen) atoms. The molecule has 2 aromatic carbocycles. The van der Waals surface area contributed by atoms with Gasteiger partial charge in [-0.3, -0.25) is 10.1 Å². The van der Waals surface area contributed by atoms with E-state index in [4.69, 9.17) is 21.6 Å². The summed E-state index contributed by atoms with van der Waals surface area (Å²) in [6.45, 7) is 0. The number of hydrogen-bond donors (Lipinski definition) is 0. The lowest BCUT2D eigenvalue weighted by atomic mass is 10.2. The van der Waals surface area contributed by atoms with E-state index in [1.807, 2.05) is 0 Å². The fraction of sp³-hybridized carbons (Fsp3) is 0. The second-order valence-electron chi connectivity index (χ2n) is 3.60. The third kappa shape index (κ3) is 3.00. The minimum Gasteiger partial charge on any atom is -0.457 e. The molecule has 0 aromatic heterocycles. The molecular weight excluding hydrogens is 268 g/mol. The Morgan fingerprint density at radius 1 is 1.16 bits per heavy atom. The summed E-state index contributed by atoms with van der Waals surface area (Å²) in [5, 5.41) is 20.1. The molecule has 5 nitrogen and oxygen atoms in total. The maximum absolute atomic E-state index is 10.8. The summed E-state index contributed by atoms with van der Waals surface area (Å²) in [4.78, 5) is 10.2. The third-order valence-electron chi connectivity index (χ3n) is 2.34. The first-order chi connectivity index (χ1) is 9.10. The Kier molecular flexibility index (Phi) is 3.64. The van der Waals surface area contributed by atoms with Crippen molar-refractivity contribution in [3.05, 3.63) is 63.2 Å². The van der Waals surface area contributed by atoms with Crippen LogP contribution in [0.4, 0.5) is 5.69 Å². The fourth-order valence-electron chi connectivity index (χ4n) is 1.46. The molecule has 94 valence electrons. The van der Waals surface area contributed by atoms with Gasteiger partial charge in [-0.1, -0.05) is 11.6 Å². The van der Waals surface area contributed by atoms with Crippen molar-refractivity contribution in [1.29, 1.82) is 5.26 Å². The number of nitro benzene ring substituents is 1. The van der Waals surface area contributed by atoms with Crippen molar-refractivity contribution in [2.24, 2.45) is 0 Å². The molecule has 0 aliphatic rings. The van der Waals surface area contributed by atoms with Crippen molar-refractivity contribution in [1.82, 2.24) is 0 Å². The van der Waals surface area contributed by atoms with E-state index in [2.05, 4.69) is 0 Å². The van der Waals surface area contributed by atoms with Gasteiger partial charge in [0, 0.05) is 5.02 Å². The Bertz CT molecular complexity index is 663. The van der Waals surface area contributed by atoms with Crippen LogP contribution in [0.5, 0.6) is 11.5 Å². The molecule has 0 saturated carbocycles. The van der Waals surface area contributed by atoms with Gasteiger partial charge in [0.25, 0.3) is 5.69 Å². The number of hydrogen-bond acceptors (Lipinski definition) is 4. The van der Waals surface area contributed by atoms with Crippen LogP contribution in [0, 0.1) is 21.4 Å². The summed E-state index contributed by atoms with van der Waals surface area (Å²) in [5.41, 5.74) is -0.289. The number of nitro groups is 1. The monoisotopic (exact) mass is 274 g/mol. The van der Waals surface area contributed by atoms with Crippen LogP contribution >= 0.6 is 11.6 Å². The topological polar surface area (TPSA) is 76.2 Å². The van der Waals surface area contributed by atoms with Crippen LogP contribution in [0.1, 0.15) is 5.56 Å². The number of nitrogens with zero attached hydrogens (tertiary/aromatic N) is 2. The molecule has 0 unspecified atom stereocenters. The smallest absolute Gasteiger partial charge is 0.290 e. The van der Waals surface area contributed by atoms with Crippen molar-refractivity contribution in [3.63, 3.8) is 0 Å². The van der Waals surface area contributed by atoms with Gasteiger partial charge in [0.1, 0.15) is 23.1 Å².